The molecule has 0 amide bonds. The van der Waals surface area contributed by atoms with E-state index < -0.39 is 10.8 Å². The number of aryl methyl sites for hydroxylation is 1. The van der Waals surface area contributed by atoms with Crippen molar-refractivity contribution >= 4 is 16.7 Å². The van der Waals surface area contributed by atoms with Crippen LogP contribution in [0.2, 0.25) is 0 Å². The van der Waals surface area contributed by atoms with Crippen LogP contribution in [0.15, 0.2) is 12.4 Å². The fourth-order valence-corrected chi connectivity index (χ4v) is 2.86. The Morgan fingerprint density at radius 1 is 1.53 bits per heavy atom. The number of anilines is 1. The van der Waals surface area contributed by atoms with Crippen molar-refractivity contribution in [1.29, 1.82) is 0 Å². The largest absolute Gasteiger partial charge is 0.353 e. The summed E-state index contributed by atoms with van der Waals surface area (Å²) in [6.45, 7) is 0.897. The number of imidazole rings is 1. The molecule has 1 atom stereocenters. The molecule has 5 heteroatoms. The van der Waals surface area contributed by atoms with Crippen molar-refractivity contribution in [3.63, 3.8) is 0 Å². The van der Waals surface area contributed by atoms with Gasteiger partial charge in [-0.3, -0.25) is 4.21 Å². The lowest BCUT2D eigenvalue weighted by Gasteiger charge is -2.14. The molecule has 2 rings (SSSR count). The Morgan fingerprint density at radius 3 is 3.00 bits per heavy atom. The van der Waals surface area contributed by atoms with Crippen molar-refractivity contribution in [2.24, 2.45) is 0 Å². The van der Waals surface area contributed by atoms with Crippen LogP contribution in [-0.2, 0) is 17.3 Å². The molecule has 1 aromatic rings. The van der Waals surface area contributed by atoms with E-state index in [-0.39, 0.29) is 0 Å². The van der Waals surface area contributed by atoms with Crippen LogP contribution in [0.25, 0.3) is 0 Å². The molecule has 1 N–H and O–H groups in total. The first kappa shape index (κ1) is 12.6. The summed E-state index contributed by atoms with van der Waals surface area (Å²) in [5.41, 5.74) is 0. The van der Waals surface area contributed by atoms with Gasteiger partial charge in [0.2, 0.25) is 5.95 Å². The van der Waals surface area contributed by atoms with Crippen molar-refractivity contribution in [2.75, 3.05) is 17.3 Å². The quantitative estimate of drug-likeness (QED) is 0.846. The third kappa shape index (κ3) is 3.84. The zero-order valence-electron chi connectivity index (χ0n) is 10.4. The van der Waals surface area contributed by atoms with E-state index in [9.17, 15) is 4.21 Å². The maximum atomic E-state index is 11.0. The van der Waals surface area contributed by atoms with E-state index in [1.54, 1.807) is 6.26 Å². The summed E-state index contributed by atoms with van der Waals surface area (Å²) >= 11 is 0. The Morgan fingerprint density at radius 2 is 2.29 bits per heavy atom. The molecule has 0 saturated heterocycles. The summed E-state index contributed by atoms with van der Waals surface area (Å²) in [4.78, 5) is 4.35. The topological polar surface area (TPSA) is 46.9 Å². The average Bonchev–Trinajstić information content (AvgIpc) is 2.91. The van der Waals surface area contributed by atoms with Crippen molar-refractivity contribution in [2.45, 2.75) is 44.7 Å². The van der Waals surface area contributed by atoms with E-state index in [1.165, 1.54) is 25.7 Å². The lowest BCUT2D eigenvalue weighted by molar-refractivity contribution is 0.652. The van der Waals surface area contributed by atoms with Gasteiger partial charge in [-0.1, -0.05) is 12.8 Å². The molecule has 1 aromatic heterocycles. The minimum absolute atomic E-state index is 0.594. The molecule has 0 radical (unpaired) electrons. The normalized spacial score (nSPS) is 18.4. The lowest BCUT2D eigenvalue weighted by Crippen LogP contribution is -2.18. The predicted octanol–water partition coefficient (Wildman–Crippen LogP) is 2.01. The smallest absolute Gasteiger partial charge is 0.202 e. The molecule has 17 heavy (non-hydrogen) atoms. The Labute approximate surface area is 105 Å². The summed E-state index contributed by atoms with van der Waals surface area (Å²) in [5, 5.41) is 3.50. The van der Waals surface area contributed by atoms with Gasteiger partial charge < -0.3 is 9.88 Å². The molecule has 0 bridgehead atoms. The first-order chi connectivity index (χ1) is 8.25. The van der Waals surface area contributed by atoms with Crippen LogP contribution in [0, 0.1) is 0 Å². The monoisotopic (exact) mass is 255 g/mol. The van der Waals surface area contributed by atoms with Crippen LogP contribution in [0.5, 0.6) is 0 Å². The predicted molar refractivity (Wildman–Crippen MR) is 71.7 cm³/mol. The maximum Gasteiger partial charge on any atom is 0.202 e. The molecule has 96 valence electrons. The standard InChI is InChI=1S/C12H21N3OS/c1-17(16)10-4-8-15-9-7-13-12(15)14-11-5-2-3-6-11/h7,9,11H,2-6,8,10H2,1H3,(H,13,14). The highest BCUT2D eigenvalue weighted by Gasteiger charge is 2.16. The fraction of sp³-hybridized carbons (Fsp3) is 0.750. The zero-order chi connectivity index (χ0) is 12.1. The summed E-state index contributed by atoms with van der Waals surface area (Å²) in [5.74, 6) is 1.74. The highest BCUT2D eigenvalue weighted by Crippen LogP contribution is 2.21. The molecule has 1 aliphatic carbocycles. The average molecular weight is 255 g/mol. The molecule has 1 heterocycles. The second kappa shape index (κ2) is 6.19. The molecule has 0 spiro atoms. The van der Waals surface area contributed by atoms with Gasteiger partial charge in [0.05, 0.1) is 0 Å². The van der Waals surface area contributed by atoms with E-state index in [0.717, 1.165) is 24.7 Å². The molecule has 1 saturated carbocycles. The Hall–Kier alpha value is -0.840. The van der Waals surface area contributed by atoms with Crippen molar-refractivity contribution in [3.05, 3.63) is 12.4 Å². The van der Waals surface area contributed by atoms with Crippen LogP contribution < -0.4 is 5.32 Å². The molecule has 1 aliphatic rings. The fourth-order valence-electron chi connectivity index (χ4n) is 2.32. The van der Waals surface area contributed by atoms with Gasteiger partial charge in [0.15, 0.2) is 0 Å². The molecular formula is C12H21N3OS. The second-order valence-electron chi connectivity index (χ2n) is 4.70. The summed E-state index contributed by atoms with van der Waals surface area (Å²) in [6, 6.07) is 0.594. The van der Waals surface area contributed by atoms with Crippen molar-refractivity contribution < 1.29 is 4.21 Å². The molecular weight excluding hydrogens is 234 g/mol. The molecule has 0 aliphatic heterocycles. The van der Waals surface area contributed by atoms with Gasteiger partial charge in [0.1, 0.15) is 0 Å². The van der Waals surface area contributed by atoms with Gasteiger partial charge >= 0.3 is 0 Å². The van der Waals surface area contributed by atoms with Gasteiger partial charge in [0.25, 0.3) is 0 Å². The zero-order valence-corrected chi connectivity index (χ0v) is 11.2. The van der Waals surface area contributed by atoms with Crippen LogP contribution in [-0.4, -0.2) is 31.8 Å². The third-order valence-corrected chi connectivity index (χ3v) is 4.10. The Bertz CT molecular complexity index is 372. The number of nitrogens with one attached hydrogen (secondary N) is 1. The maximum absolute atomic E-state index is 11.0. The summed E-state index contributed by atoms with van der Waals surface area (Å²) in [7, 11) is -0.692. The number of rotatable bonds is 6. The first-order valence-electron chi connectivity index (χ1n) is 6.33. The van der Waals surface area contributed by atoms with Crippen LogP contribution >= 0.6 is 0 Å². The summed E-state index contributed by atoms with van der Waals surface area (Å²) < 4.78 is 13.1. The van der Waals surface area contributed by atoms with Crippen molar-refractivity contribution in [3.8, 4) is 0 Å². The minimum Gasteiger partial charge on any atom is -0.353 e. The summed E-state index contributed by atoms with van der Waals surface area (Å²) in [6.07, 6.45) is 11.7. The first-order valence-corrected chi connectivity index (χ1v) is 8.06. The van der Waals surface area contributed by atoms with Gasteiger partial charge in [-0.2, -0.15) is 0 Å². The van der Waals surface area contributed by atoms with Crippen LogP contribution in [0.1, 0.15) is 32.1 Å². The Kier molecular flexibility index (Phi) is 4.59. The van der Waals surface area contributed by atoms with E-state index >= 15 is 0 Å². The highest BCUT2D eigenvalue weighted by molar-refractivity contribution is 7.84. The van der Waals surface area contributed by atoms with E-state index in [0.29, 0.717) is 6.04 Å². The third-order valence-electron chi connectivity index (χ3n) is 3.23. The minimum atomic E-state index is -0.692. The molecule has 0 aromatic carbocycles. The number of aromatic nitrogens is 2. The van der Waals surface area contributed by atoms with Crippen LogP contribution in [0.4, 0.5) is 5.95 Å². The van der Waals surface area contributed by atoms with Gasteiger partial charge in [-0.25, -0.2) is 4.98 Å². The molecule has 4 nitrogen and oxygen atoms in total. The second-order valence-corrected chi connectivity index (χ2v) is 6.26. The number of nitrogens with zero attached hydrogens (tertiary/aromatic N) is 2. The number of hydrogen-bond acceptors (Lipinski definition) is 3. The Balaban J connectivity index is 1.85. The van der Waals surface area contributed by atoms with E-state index in [2.05, 4.69) is 14.9 Å². The molecule has 1 fully saturated rings. The number of hydrogen-bond donors (Lipinski definition) is 1. The highest BCUT2D eigenvalue weighted by atomic mass is 32.2. The van der Waals surface area contributed by atoms with Crippen molar-refractivity contribution in [1.82, 2.24) is 9.55 Å². The van der Waals surface area contributed by atoms with Gasteiger partial charge in [-0.15, -0.1) is 0 Å². The SMILES string of the molecule is CS(=O)CCCn1ccnc1NC1CCCC1. The van der Waals surface area contributed by atoms with E-state index in [4.69, 9.17) is 0 Å². The van der Waals surface area contributed by atoms with Gasteiger partial charge in [0, 0.05) is 47.8 Å². The lowest BCUT2D eigenvalue weighted by atomic mass is 10.2. The van der Waals surface area contributed by atoms with Crippen LogP contribution in [0.3, 0.4) is 0 Å². The molecule has 1 unspecified atom stereocenters. The van der Waals surface area contributed by atoms with Gasteiger partial charge in [-0.05, 0) is 19.3 Å². The van der Waals surface area contributed by atoms with E-state index in [1.807, 2.05) is 12.4 Å².